The van der Waals surface area contributed by atoms with Crippen molar-refractivity contribution in [2.45, 2.75) is 17.9 Å². The molecule has 0 aromatic heterocycles. The third kappa shape index (κ3) is 2.61. The average Bonchev–Trinajstić information content (AvgIpc) is 2.41. The van der Waals surface area contributed by atoms with Crippen LogP contribution in [0.4, 0.5) is 0 Å². The molecule has 2 rings (SSSR count). The van der Waals surface area contributed by atoms with Crippen LogP contribution in [0.15, 0.2) is 23.1 Å². The Morgan fingerprint density at radius 3 is 2.80 bits per heavy atom. The minimum Gasteiger partial charge on any atom is -0.495 e. The van der Waals surface area contributed by atoms with Gasteiger partial charge in [0.1, 0.15) is 16.7 Å². The van der Waals surface area contributed by atoms with Crippen LogP contribution in [-0.4, -0.2) is 44.9 Å². The summed E-state index contributed by atoms with van der Waals surface area (Å²) in [6, 6.07) is 3.60. The zero-order chi connectivity index (χ0) is 14.9. The molecule has 0 saturated carbocycles. The molecule has 6 nitrogen and oxygen atoms in total. The van der Waals surface area contributed by atoms with E-state index in [2.05, 4.69) is 5.32 Å². The maximum Gasteiger partial charge on any atom is 0.247 e. The lowest BCUT2D eigenvalue weighted by molar-refractivity contribution is -0.126. The van der Waals surface area contributed by atoms with E-state index in [1.54, 1.807) is 13.0 Å². The van der Waals surface area contributed by atoms with E-state index in [9.17, 15) is 13.2 Å². The largest absolute Gasteiger partial charge is 0.495 e. The molecule has 1 saturated heterocycles. The van der Waals surface area contributed by atoms with Gasteiger partial charge >= 0.3 is 0 Å². The number of piperazine rings is 1. The van der Waals surface area contributed by atoms with Gasteiger partial charge in [0, 0.05) is 18.1 Å². The third-order valence-electron chi connectivity index (χ3n) is 3.16. The van der Waals surface area contributed by atoms with Gasteiger partial charge in [0.2, 0.25) is 15.9 Å². The molecule has 0 radical (unpaired) electrons. The minimum atomic E-state index is -3.85. The van der Waals surface area contributed by atoms with Gasteiger partial charge in [0.15, 0.2) is 0 Å². The van der Waals surface area contributed by atoms with Crippen LogP contribution in [0.25, 0.3) is 0 Å². The summed E-state index contributed by atoms with van der Waals surface area (Å²) in [4.78, 5) is 11.6. The lowest BCUT2D eigenvalue weighted by atomic mass is 10.2. The molecular weight excluding hydrogens is 304 g/mol. The Labute approximate surface area is 122 Å². The molecule has 0 bridgehead atoms. The van der Waals surface area contributed by atoms with E-state index in [0.29, 0.717) is 5.02 Å². The Hall–Kier alpha value is -1.31. The summed E-state index contributed by atoms with van der Waals surface area (Å²) in [5, 5.41) is 2.91. The number of benzene rings is 1. The smallest absolute Gasteiger partial charge is 0.247 e. The molecule has 20 heavy (non-hydrogen) atoms. The molecule has 1 aliphatic rings. The molecule has 1 heterocycles. The Balaban J connectivity index is 2.49. The molecule has 8 heteroatoms. The first-order valence-electron chi connectivity index (χ1n) is 6.01. The minimum absolute atomic E-state index is 0.0333. The van der Waals surface area contributed by atoms with Crippen LogP contribution >= 0.6 is 11.6 Å². The van der Waals surface area contributed by atoms with E-state index in [1.165, 1.54) is 19.2 Å². The van der Waals surface area contributed by atoms with Gasteiger partial charge in [0.25, 0.3) is 0 Å². The molecule has 1 atom stereocenters. The van der Waals surface area contributed by atoms with Crippen molar-refractivity contribution in [1.29, 1.82) is 0 Å². The molecule has 110 valence electrons. The Bertz CT molecular complexity index is 632. The number of rotatable bonds is 3. The Morgan fingerprint density at radius 2 is 2.15 bits per heavy atom. The second-order valence-electron chi connectivity index (χ2n) is 4.38. The van der Waals surface area contributed by atoms with Crippen molar-refractivity contribution in [3.63, 3.8) is 0 Å². The van der Waals surface area contributed by atoms with Gasteiger partial charge in [-0.25, -0.2) is 8.42 Å². The van der Waals surface area contributed by atoms with E-state index in [1.807, 2.05) is 0 Å². The molecule has 1 N–H and O–H groups in total. The van der Waals surface area contributed by atoms with Crippen molar-refractivity contribution in [1.82, 2.24) is 9.62 Å². The molecule has 1 fully saturated rings. The number of hydrogen-bond donors (Lipinski definition) is 1. The second-order valence-corrected chi connectivity index (χ2v) is 6.67. The maximum absolute atomic E-state index is 12.7. The van der Waals surface area contributed by atoms with Crippen LogP contribution in [0.1, 0.15) is 6.92 Å². The fraction of sp³-hybridized carbons (Fsp3) is 0.417. The first kappa shape index (κ1) is 15.1. The summed E-state index contributed by atoms with van der Waals surface area (Å²) in [5.41, 5.74) is 0. The highest BCUT2D eigenvalue weighted by Crippen LogP contribution is 2.30. The summed E-state index contributed by atoms with van der Waals surface area (Å²) in [6.45, 7) is 2.04. The molecule has 1 aromatic carbocycles. The van der Waals surface area contributed by atoms with E-state index in [-0.39, 0.29) is 29.6 Å². The van der Waals surface area contributed by atoms with Gasteiger partial charge in [-0.15, -0.1) is 0 Å². The predicted molar refractivity (Wildman–Crippen MR) is 74.4 cm³/mol. The lowest BCUT2D eigenvalue weighted by Crippen LogP contribution is -2.55. The average molecular weight is 319 g/mol. The number of sulfonamides is 1. The van der Waals surface area contributed by atoms with Crippen molar-refractivity contribution in [3.05, 3.63) is 23.2 Å². The lowest BCUT2D eigenvalue weighted by Gasteiger charge is -2.32. The van der Waals surface area contributed by atoms with Crippen LogP contribution in [0.2, 0.25) is 5.02 Å². The zero-order valence-corrected chi connectivity index (χ0v) is 12.7. The van der Waals surface area contributed by atoms with E-state index < -0.39 is 16.1 Å². The number of methoxy groups -OCH3 is 1. The first-order chi connectivity index (χ1) is 9.37. The van der Waals surface area contributed by atoms with Crippen LogP contribution < -0.4 is 10.1 Å². The number of amides is 1. The van der Waals surface area contributed by atoms with Gasteiger partial charge in [-0.3, -0.25) is 4.79 Å². The fourth-order valence-corrected chi connectivity index (χ4v) is 4.08. The summed E-state index contributed by atoms with van der Waals surface area (Å²) in [6.07, 6.45) is 0. The molecule has 1 aromatic rings. The highest BCUT2D eigenvalue weighted by atomic mass is 35.5. The van der Waals surface area contributed by atoms with Crippen LogP contribution in [0, 0.1) is 0 Å². The molecular formula is C12H15ClN2O4S. The number of carbonyl (C=O) groups is 1. The number of carbonyl (C=O) groups excluding carboxylic acids is 1. The number of nitrogens with one attached hydrogen (secondary N) is 1. The molecule has 1 amide bonds. The van der Waals surface area contributed by atoms with Gasteiger partial charge in [-0.2, -0.15) is 4.31 Å². The van der Waals surface area contributed by atoms with E-state index in [0.717, 1.165) is 4.31 Å². The van der Waals surface area contributed by atoms with Crippen molar-refractivity contribution in [2.75, 3.05) is 20.2 Å². The SMILES string of the molecule is COc1ccc(Cl)cc1S(=O)(=O)N1CCNC(=O)C1C. The van der Waals surface area contributed by atoms with Crippen molar-refractivity contribution in [2.24, 2.45) is 0 Å². The van der Waals surface area contributed by atoms with E-state index in [4.69, 9.17) is 16.3 Å². The summed E-state index contributed by atoms with van der Waals surface area (Å²) >= 11 is 5.87. The highest BCUT2D eigenvalue weighted by Gasteiger charge is 2.37. The third-order valence-corrected chi connectivity index (χ3v) is 5.38. The van der Waals surface area contributed by atoms with Gasteiger partial charge in [-0.05, 0) is 25.1 Å². The van der Waals surface area contributed by atoms with Gasteiger partial charge in [-0.1, -0.05) is 11.6 Å². The molecule has 0 spiro atoms. The highest BCUT2D eigenvalue weighted by molar-refractivity contribution is 7.89. The van der Waals surface area contributed by atoms with Crippen molar-refractivity contribution in [3.8, 4) is 5.75 Å². The van der Waals surface area contributed by atoms with Gasteiger partial charge < -0.3 is 10.1 Å². The standard InChI is InChI=1S/C12H15ClN2O4S/c1-8-12(16)14-5-6-15(8)20(17,18)11-7-9(13)3-4-10(11)19-2/h3-4,7-8H,5-6H2,1-2H3,(H,14,16). The number of nitrogens with zero attached hydrogens (tertiary/aromatic N) is 1. The quantitative estimate of drug-likeness (QED) is 0.897. The van der Waals surface area contributed by atoms with E-state index >= 15 is 0 Å². The normalized spacial score (nSPS) is 20.6. The monoisotopic (exact) mass is 318 g/mol. The summed E-state index contributed by atoms with van der Waals surface area (Å²) < 4.78 is 31.6. The maximum atomic E-state index is 12.7. The fourth-order valence-electron chi connectivity index (χ4n) is 2.07. The summed E-state index contributed by atoms with van der Waals surface area (Å²) in [5.74, 6) is -0.117. The number of hydrogen-bond acceptors (Lipinski definition) is 4. The topological polar surface area (TPSA) is 75.7 Å². The van der Waals surface area contributed by atoms with Crippen molar-refractivity contribution < 1.29 is 17.9 Å². The van der Waals surface area contributed by atoms with Crippen LogP contribution in [0.5, 0.6) is 5.75 Å². The van der Waals surface area contributed by atoms with Crippen LogP contribution in [0.3, 0.4) is 0 Å². The molecule has 1 aliphatic heterocycles. The summed E-state index contributed by atoms with van der Waals surface area (Å²) in [7, 11) is -2.46. The molecule has 1 unspecified atom stereocenters. The van der Waals surface area contributed by atoms with Gasteiger partial charge in [0.05, 0.1) is 7.11 Å². The Morgan fingerprint density at radius 1 is 1.45 bits per heavy atom. The van der Waals surface area contributed by atoms with Crippen LogP contribution in [-0.2, 0) is 14.8 Å². The first-order valence-corrected chi connectivity index (χ1v) is 7.83. The zero-order valence-electron chi connectivity index (χ0n) is 11.1. The molecule has 0 aliphatic carbocycles. The number of halogens is 1. The predicted octanol–water partition coefficient (Wildman–Crippen LogP) is 0.858. The second kappa shape index (κ2) is 5.59. The van der Waals surface area contributed by atoms with Crippen molar-refractivity contribution >= 4 is 27.5 Å². The Kier molecular flexibility index (Phi) is 4.22. The number of ether oxygens (including phenoxy) is 1.